The molecule has 0 aliphatic heterocycles. The molecule has 2 heteroatoms. The molecule has 13 heavy (non-hydrogen) atoms. The molecule has 0 saturated heterocycles. The highest BCUT2D eigenvalue weighted by atomic mass is 15.2. The molecule has 0 amide bonds. The number of hydrazine groups is 1. The summed E-state index contributed by atoms with van der Waals surface area (Å²) >= 11 is 0. The normalized spacial score (nSPS) is 40.6. The highest BCUT2D eigenvalue weighted by Gasteiger charge is 2.51. The number of hydrogen-bond acceptors (Lipinski definition) is 2. The topological polar surface area (TPSA) is 38.0 Å². The molecule has 1 unspecified atom stereocenters. The summed E-state index contributed by atoms with van der Waals surface area (Å²) in [4.78, 5) is 0. The van der Waals surface area contributed by atoms with E-state index in [1.165, 1.54) is 12.8 Å². The van der Waals surface area contributed by atoms with E-state index in [1.807, 2.05) is 0 Å². The van der Waals surface area contributed by atoms with Crippen LogP contribution in [-0.4, -0.2) is 6.04 Å². The minimum Gasteiger partial charge on any atom is -0.271 e. The zero-order valence-corrected chi connectivity index (χ0v) is 9.65. The highest BCUT2D eigenvalue weighted by Crippen LogP contribution is 2.57. The van der Waals surface area contributed by atoms with Crippen molar-refractivity contribution in [2.45, 2.75) is 53.5 Å². The van der Waals surface area contributed by atoms with Crippen molar-refractivity contribution in [3.63, 3.8) is 0 Å². The van der Waals surface area contributed by atoms with Crippen molar-refractivity contribution in [2.75, 3.05) is 0 Å². The van der Waals surface area contributed by atoms with Crippen LogP contribution in [0.3, 0.4) is 0 Å². The summed E-state index contributed by atoms with van der Waals surface area (Å²) in [5, 5.41) is 0. The lowest BCUT2D eigenvalue weighted by molar-refractivity contribution is 0.0585. The molecule has 0 heterocycles. The second-order valence-electron chi connectivity index (χ2n) is 5.47. The zero-order chi connectivity index (χ0) is 10.3. The van der Waals surface area contributed by atoms with Crippen molar-refractivity contribution in [3.8, 4) is 0 Å². The van der Waals surface area contributed by atoms with Crippen molar-refractivity contribution in [3.05, 3.63) is 0 Å². The molecule has 0 spiro atoms. The van der Waals surface area contributed by atoms with E-state index in [-0.39, 0.29) is 0 Å². The molecule has 1 fully saturated rings. The summed E-state index contributed by atoms with van der Waals surface area (Å²) < 4.78 is 0. The van der Waals surface area contributed by atoms with Gasteiger partial charge in [-0.05, 0) is 36.5 Å². The van der Waals surface area contributed by atoms with Gasteiger partial charge in [0.25, 0.3) is 0 Å². The Kier molecular flexibility index (Phi) is 2.75. The second kappa shape index (κ2) is 3.25. The Morgan fingerprint density at radius 3 is 2.23 bits per heavy atom. The Hall–Kier alpha value is -0.0800. The highest BCUT2D eigenvalue weighted by molar-refractivity contribution is 5.02. The van der Waals surface area contributed by atoms with E-state index >= 15 is 0 Å². The van der Waals surface area contributed by atoms with Crippen molar-refractivity contribution in [1.82, 2.24) is 5.43 Å². The van der Waals surface area contributed by atoms with Crippen molar-refractivity contribution in [1.29, 1.82) is 0 Å². The average molecular weight is 184 g/mol. The van der Waals surface area contributed by atoms with Crippen LogP contribution in [0.15, 0.2) is 0 Å². The maximum atomic E-state index is 5.55. The monoisotopic (exact) mass is 184 g/mol. The van der Waals surface area contributed by atoms with Crippen LogP contribution in [0.4, 0.5) is 0 Å². The molecule has 1 aliphatic rings. The smallest absolute Gasteiger partial charge is 0.0241 e. The van der Waals surface area contributed by atoms with E-state index < -0.39 is 0 Å². The Labute approximate surface area is 82.2 Å². The van der Waals surface area contributed by atoms with Crippen LogP contribution < -0.4 is 11.3 Å². The third-order valence-electron chi connectivity index (χ3n) is 5.01. The van der Waals surface area contributed by atoms with Crippen LogP contribution >= 0.6 is 0 Å². The van der Waals surface area contributed by atoms with Crippen LogP contribution in [0.25, 0.3) is 0 Å². The summed E-state index contributed by atoms with van der Waals surface area (Å²) in [6.45, 7) is 11.7. The predicted octanol–water partition coefficient (Wildman–Crippen LogP) is 2.30. The van der Waals surface area contributed by atoms with Gasteiger partial charge in [-0.1, -0.05) is 27.7 Å². The largest absolute Gasteiger partial charge is 0.271 e. The molecule has 3 N–H and O–H groups in total. The summed E-state index contributed by atoms with van der Waals surface area (Å²) in [5.41, 5.74) is 3.65. The summed E-state index contributed by atoms with van der Waals surface area (Å²) in [6, 6.07) is 0.396. The van der Waals surface area contributed by atoms with Gasteiger partial charge in [0.1, 0.15) is 0 Å². The van der Waals surface area contributed by atoms with E-state index in [9.17, 15) is 0 Å². The van der Waals surface area contributed by atoms with Gasteiger partial charge in [-0.3, -0.25) is 11.3 Å². The first kappa shape index (κ1) is 11.0. The van der Waals surface area contributed by atoms with Gasteiger partial charge in [0, 0.05) is 6.04 Å². The molecule has 0 aromatic heterocycles. The Morgan fingerprint density at radius 2 is 1.92 bits per heavy atom. The lowest BCUT2D eigenvalue weighted by atomic mass is 9.63. The van der Waals surface area contributed by atoms with Crippen molar-refractivity contribution >= 4 is 0 Å². The molecule has 1 aliphatic carbocycles. The molecule has 1 rings (SSSR count). The van der Waals surface area contributed by atoms with Crippen LogP contribution in [0, 0.1) is 16.7 Å². The Balaban J connectivity index is 2.91. The summed E-state index contributed by atoms with van der Waals surface area (Å²) in [5.74, 6) is 6.35. The van der Waals surface area contributed by atoms with E-state index in [0.717, 1.165) is 5.92 Å². The predicted molar refractivity (Wildman–Crippen MR) is 57.1 cm³/mol. The molecule has 0 aromatic carbocycles. The molecule has 2 nitrogen and oxygen atoms in total. The summed E-state index contributed by atoms with van der Waals surface area (Å²) in [7, 11) is 0. The van der Waals surface area contributed by atoms with Gasteiger partial charge in [-0.15, -0.1) is 0 Å². The van der Waals surface area contributed by atoms with Gasteiger partial charge in [0.2, 0.25) is 0 Å². The van der Waals surface area contributed by atoms with Crippen molar-refractivity contribution in [2.24, 2.45) is 22.6 Å². The van der Waals surface area contributed by atoms with Gasteiger partial charge in [-0.2, -0.15) is 0 Å². The van der Waals surface area contributed by atoms with E-state index in [2.05, 4.69) is 40.0 Å². The first-order valence-electron chi connectivity index (χ1n) is 5.32. The van der Waals surface area contributed by atoms with Crippen molar-refractivity contribution < 1.29 is 0 Å². The molecule has 0 bridgehead atoms. The van der Waals surface area contributed by atoms with Crippen LogP contribution in [-0.2, 0) is 0 Å². The number of hydrogen-bond donors (Lipinski definition) is 2. The van der Waals surface area contributed by atoms with E-state index in [0.29, 0.717) is 16.9 Å². The lowest BCUT2D eigenvalue weighted by Crippen LogP contribution is -2.50. The molecular weight excluding hydrogens is 160 g/mol. The van der Waals surface area contributed by atoms with Crippen LogP contribution in [0.5, 0.6) is 0 Å². The Bertz CT molecular complexity index is 189. The van der Waals surface area contributed by atoms with E-state index in [4.69, 9.17) is 5.84 Å². The van der Waals surface area contributed by atoms with E-state index in [1.54, 1.807) is 0 Å². The Morgan fingerprint density at radius 1 is 1.38 bits per heavy atom. The minimum atomic E-state index is 0.334. The SMILES string of the molecule is CC(NN)[C@@]1(C)CC[C@@H](C)C1(C)C. The first-order chi connectivity index (χ1) is 5.86. The van der Waals surface area contributed by atoms with Gasteiger partial charge in [-0.25, -0.2) is 0 Å². The molecule has 78 valence electrons. The maximum absolute atomic E-state index is 5.55. The standard InChI is InChI=1S/C11H24N2/c1-8-6-7-11(5,9(2)13-12)10(8,3)4/h8-9,13H,6-7,12H2,1-5H3/t8-,9?,11-/m1/s1. The van der Waals surface area contributed by atoms with Crippen LogP contribution in [0.2, 0.25) is 0 Å². The fourth-order valence-corrected chi connectivity index (χ4v) is 2.72. The fourth-order valence-electron chi connectivity index (χ4n) is 2.72. The lowest BCUT2D eigenvalue weighted by Gasteiger charge is -2.45. The molecule has 0 radical (unpaired) electrons. The fraction of sp³-hybridized carbons (Fsp3) is 1.00. The third kappa shape index (κ3) is 1.40. The number of nitrogens with one attached hydrogen (secondary N) is 1. The number of nitrogens with two attached hydrogens (primary N) is 1. The number of rotatable bonds is 2. The minimum absolute atomic E-state index is 0.334. The van der Waals surface area contributed by atoms with Gasteiger partial charge < -0.3 is 0 Å². The zero-order valence-electron chi connectivity index (χ0n) is 9.65. The third-order valence-corrected chi connectivity index (χ3v) is 5.01. The van der Waals surface area contributed by atoms with Gasteiger partial charge >= 0.3 is 0 Å². The van der Waals surface area contributed by atoms with Gasteiger partial charge in [0.05, 0.1) is 0 Å². The average Bonchev–Trinajstić information content (AvgIpc) is 2.29. The second-order valence-corrected chi connectivity index (χ2v) is 5.47. The first-order valence-corrected chi connectivity index (χ1v) is 5.32. The molecule has 3 atom stereocenters. The molecular formula is C11H24N2. The van der Waals surface area contributed by atoms with Gasteiger partial charge in [0.15, 0.2) is 0 Å². The maximum Gasteiger partial charge on any atom is 0.0241 e. The quantitative estimate of drug-likeness (QED) is 0.510. The van der Waals surface area contributed by atoms with Crippen LogP contribution in [0.1, 0.15) is 47.5 Å². The molecule has 1 saturated carbocycles. The summed E-state index contributed by atoms with van der Waals surface area (Å²) in [6.07, 6.45) is 2.61. The molecule has 0 aromatic rings.